The fraction of sp³-hybridized carbons (Fsp3) is 0.192. The van der Waals surface area contributed by atoms with E-state index in [4.69, 9.17) is 62.8 Å². The fourth-order valence-corrected chi connectivity index (χ4v) is 5.68. The van der Waals surface area contributed by atoms with Gasteiger partial charge in [-0.3, -0.25) is 9.59 Å². The fourth-order valence-electron chi connectivity index (χ4n) is 4.10. The summed E-state index contributed by atoms with van der Waals surface area (Å²) < 4.78 is -1.34. The third kappa shape index (κ3) is 6.00. The van der Waals surface area contributed by atoms with Crippen LogP contribution in [0.3, 0.4) is 0 Å². The predicted molar refractivity (Wildman–Crippen MR) is 151 cm³/mol. The molecule has 3 aromatic rings. The van der Waals surface area contributed by atoms with E-state index >= 15 is 0 Å². The van der Waals surface area contributed by atoms with E-state index in [9.17, 15) is 9.59 Å². The van der Waals surface area contributed by atoms with Crippen molar-refractivity contribution in [1.29, 1.82) is 0 Å². The lowest BCUT2D eigenvalue weighted by molar-refractivity contribution is -0.117. The van der Waals surface area contributed by atoms with Crippen molar-refractivity contribution in [2.75, 3.05) is 17.7 Å². The summed E-state index contributed by atoms with van der Waals surface area (Å²) in [6.45, 7) is 1.76. The Balaban J connectivity index is 1.53. The second-order valence-corrected chi connectivity index (χ2v) is 11.1. The smallest absolute Gasteiger partial charge is 0.257 e. The zero-order valence-electron chi connectivity index (χ0n) is 19.5. The number of para-hydroxylation sites is 1. The number of halogens is 5. The van der Waals surface area contributed by atoms with Crippen LogP contribution in [0.15, 0.2) is 65.8 Å². The molecule has 0 aromatic heterocycles. The number of hydrogen-bond donors (Lipinski definition) is 2. The standard InChI is InChI=1S/C26H20Cl5N3O3/c1-13(34-37-2)18-5-3-4-6-21(18)33-24(35)19-12-17(7-8-20(19)29)32-25(36)23-22(26(23,30)31)14-9-15(27)11-16(28)10-14/h3-12,22-23H,1-2H3,(H,32,36)(H,33,35)/b34-13+. The van der Waals surface area contributed by atoms with Gasteiger partial charge in [0.15, 0.2) is 0 Å². The first-order chi connectivity index (χ1) is 17.5. The van der Waals surface area contributed by atoms with E-state index in [1.807, 2.05) is 6.07 Å². The van der Waals surface area contributed by atoms with Crippen LogP contribution in [-0.2, 0) is 9.63 Å². The maximum atomic E-state index is 13.1. The van der Waals surface area contributed by atoms with Gasteiger partial charge in [0, 0.05) is 27.2 Å². The van der Waals surface area contributed by atoms with Crippen LogP contribution in [-0.4, -0.2) is 29.0 Å². The summed E-state index contributed by atoms with van der Waals surface area (Å²) in [7, 11) is 1.44. The number of nitrogens with one attached hydrogen (secondary N) is 2. The topological polar surface area (TPSA) is 79.8 Å². The third-order valence-electron chi connectivity index (χ3n) is 5.85. The Bertz CT molecular complexity index is 1390. The normalized spacial score (nSPS) is 18.2. The second-order valence-electron chi connectivity index (χ2n) is 8.38. The molecule has 0 spiro atoms. The third-order valence-corrected chi connectivity index (χ3v) is 7.56. The average Bonchev–Trinajstić information content (AvgIpc) is 3.42. The molecule has 1 aliphatic rings. The molecule has 37 heavy (non-hydrogen) atoms. The molecule has 192 valence electrons. The zero-order valence-corrected chi connectivity index (χ0v) is 23.3. The maximum Gasteiger partial charge on any atom is 0.257 e. The summed E-state index contributed by atoms with van der Waals surface area (Å²) in [5.41, 5.74) is 2.95. The Morgan fingerprint density at radius 3 is 2.27 bits per heavy atom. The molecule has 6 nitrogen and oxygen atoms in total. The summed E-state index contributed by atoms with van der Waals surface area (Å²) in [5, 5.41) is 10.6. The van der Waals surface area contributed by atoms with Crippen molar-refractivity contribution in [3.05, 3.63) is 92.4 Å². The molecular weight excluding hydrogens is 580 g/mol. The van der Waals surface area contributed by atoms with Crippen molar-refractivity contribution in [1.82, 2.24) is 0 Å². The first kappa shape index (κ1) is 27.6. The van der Waals surface area contributed by atoms with Gasteiger partial charge in [-0.25, -0.2) is 0 Å². The number of anilines is 2. The molecule has 0 saturated heterocycles. The molecule has 0 aliphatic heterocycles. The molecule has 4 rings (SSSR count). The van der Waals surface area contributed by atoms with Crippen LogP contribution >= 0.6 is 58.0 Å². The number of benzene rings is 3. The van der Waals surface area contributed by atoms with Gasteiger partial charge in [-0.1, -0.05) is 58.2 Å². The molecule has 2 amide bonds. The maximum absolute atomic E-state index is 13.1. The highest BCUT2D eigenvalue weighted by Gasteiger charge is 2.67. The molecule has 1 fully saturated rings. The molecule has 2 N–H and O–H groups in total. The molecule has 3 aromatic carbocycles. The van der Waals surface area contributed by atoms with E-state index in [0.29, 0.717) is 38.3 Å². The lowest BCUT2D eigenvalue weighted by Gasteiger charge is -2.13. The van der Waals surface area contributed by atoms with Crippen molar-refractivity contribution < 1.29 is 14.4 Å². The molecule has 2 atom stereocenters. The molecule has 1 saturated carbocycles. The van der Waals surface area contributed by atoms with Crippen LogP contribution in [0.25, 0.3) is 0 Å². The number of oxime groups is 1. The van der Waals surface area contributed by atoms with Crippen molar-refractivity contribution in [3.8, 4) is 0 Å². The lowest BCUT2D eigenvalue weighted by atomic mass is 10.1. The quantitative estimate of drug-likeness (QED) is 0.165. The Morgan fingerprint density at radius 1 is 0.919 bits per heavy atom. The number of nitrogens with zero attached hydrogens (tertiary/aromatic N) is 1. The highest BCUT2D eigenvalue weighted by molar-refractivity contribution is 6.53. The van der Waals surface area contributed by atoms with Gasteiger partial charge in [-0.15, -0.1) is 23.2 Å². The van der Waals surface area contributed by atoms with Crippen LogP contribution < -0.4 is 10.6 Å². The summed E-state index contributed by atoms with van der Waals surface area (Å²) in [6, 6.07) is 16.6. The molecule has 11 heteroatoms. The van der Waals surface area contributed by atoms with Crippen LogP contribution in [0.2, 0.25) is 15.1 Å². The molecule has 0 heterocycles. The SMILES string of the molecule is CO/N=C(\C)c1ccccc1NC(=O)c1cc(NC(=O)C2C(c3cc(Cl)cc(Cl)c3)C2(Cl)Cl)ccc1Cl. The van der Waals surface area contributed by atoms with Gasteiger partial charge in [-0.2, -0.15) is 0 Å². The van der Waals surface area contributed by atoms with Crippen LogP contribution in [0.5, 0.6) is 0 Å². The summed E-state index contributed by atoms with van der Waals surface area (Å²) in [6.07, 6.45) is 0. The van der Waals surface area contributed by atoms with E-state index in [-0.39, 0.29) is 10.6 Å². The number of amides is 2. The molecule has 0 bridgehead atoms. The van der Waals surface area contributed by atoms with E-state index in [0.717, 1.165) is 0 Å². The van der Waals surface area contributed by atoms with Crippen LogP contribution in [0.4, 0.5) is 11.4 Å². The Morgan fingerprint density at radius 2 is 1.59 bits per heavy atom. The Labute approximate surface area is 238 Å². The predicted octanol–water partition coefficient (Wildman–Crippen LogP) is 7.80. The van der Waals surface area contributed by atoms with Gasteiger partial charge in [0.25, 0.3) is 5.91 Å². The molecule has 1 aliphatic carbocycles. The average molecular weight is 600 g/mol. The van der Waals surface area contributed by atoms with Crippen LogP contribution in [0.1, 0.15) is 34.3 Å². The van der Waals surface area contributed by atoms with Gasteiger partial charge < -0.3 is 15.5 Å². The number of rotatable bonds is 7. The number of hydrogen-bond acceptors (Lipinski definition) is 4. The Hall–Kier alpha value is -2.48. The highest BCUT2D eigenvalue weighted by Crippen LogP contribution is 2.65. The van der Waals surface area contributed by atoms with Gasteiger partial charge in [0.2, 0.25) is 5.91 Å². The first-order valence-corrected chi connectivity index (χ1v) is 12.8. The number of carbonyl (C=O) groups is 2. The molecule has 0 radical (unpaired) electrons. The lowest BCUT2D eigenvalue weighted by Crippen LogP contribution is -2.18. The van der Waals surface area contributed by atoms with Crippen molar-refractivity contribution >= 4 is 86.9 Å². The van der Waals surface area contributed by atoms with Crippen molar-refractivity contribution in [2.24, 2.45) is 11.1 Å². The zero-order chi connectivity index (χ0) is 26.9. The molecular formula is C26H20Cl5N3O3. The van der Waals surface area contributed by atoms with Gasteiger partial charge >= 0.3 is 0 Å². The van der Waals surface area contributed by atoms with E-state index in [1.165, 1.54) is 19.2 Å². The monoisotopic (exact) mass is 597 g/mol. The van der Waals surface area contributed by atoms with E-state index < -0.39 is 28.0 Å². The minimum absolute atomic E-state index is 0.160. The van der Waals surface area contributed by atoms with E-state index in [2.05, 4.69) is 15.8 Å². The van der Waals surface area contributed by atoms with Crippen LogP contribution in [0, 0.1) is 5.92 Å². The largest absolute Gasteiger partial charge is 0.399 e. The summed E-state index contributed by atoms with van der Waals surface area (Å²) in [4.78, 5) is 31.0. The number of alkyl halides is 2. The highest BCUT2D eigenvalue weighted by atomic mass is 35.5. The Kier molecular flexibility index (Phi) is 8.26. The second kappa shape index (κ2) is 11.1. The van der Waals surface area contributed by atoms with Gasteiger partial charge in [0.05, 0.1) is 27.9 Å². The van der Waals surface area contributed by atoms with Gasteiger partial charge in [0.1, 0.15) is 11.4 Å². The summed E-state index contributed by atoms with van der Waals surface area (Å²) in [5.74, 6) is -2.15. The minimum Gasteiger partial charge on any atom is -0.399 e. The molecule has 2 unspecified atom stereocenters. The van der Waals surface area contributed by atoms with Crippen molar-refractivity contribution in [3.63, 3.8) is 0 Å². The van der Waals surface area contributed by atoms with Gasteiger partial charge in [-0.05, 0) is 55.0 Å². The summed E-state index contributed by atoms with van der Waals surface area (Å²) >= 11 is 31.4. The van der Waals surface area contributed by atoms with Crippen molar-refractivity contribution in [2.45, 2.75) is 17.2 Å². The first-order valence-electron chi connectivity index (χ1n) is 11.0. The number of carbonyl (C=O) groups excluding carboxylic acids is 2. The minimum atomic E-state index is -1.34. The van der Waals surface area contributed by atoms with E-state index in [1.54, 1.807) is 49.4 Å².